The van der Waals surface area contributed by atoms with Crippen LogP contribution in [0.5, 0.6) is 0 Å². The normalized spacial score (nSPS) is 11.6. The lowest BCUT2D eigenvalue weighted by Crippen LogP contribution is -2.26. The van der Waals surface area contributed by atoms with Crippen LogP contribution in [0.3, 0.4) is 0 Å². The van der Waals surface area contributed by atoms with Crippen molar-refractivity contribution in [3.8, 4) is 0 Å². The summed E-state index contributed by atoms with van der Waals surface area (Å²) in [5.74, 6) is -0.641. The minimum Gasteiger partial charge on any atom is -0.350 e. The number of benzene rings is 3. The molecule has 9 heteroatoms. The Morgan fingerprint density at radius 1 is 0.865 bits per heavy atom. The lowest BCUT2D eigenvalue weighted by molar-refractivity contribution is -0.137. The first-order chi connectivity index (χ1) is 17.8. The zero-order valence-corrected chi connectivity index (χ0v) is 20.7. The highest BCUT2D eigenvalue weighted by atomic mass is 32.1. The molecule has 0 aliphatic heterocycles. The van der Waals surface area contributed by atoms with Crippen molar-refractivity contribution in [2.24, 2.45) is 0 Å². The third-order valence-electron chi connectivity index (χ3n) is 5.67. The van der Waals surface area contributed by atoms with E-state index in [2.05, 4.69) is 10.3 Å². The van der Waals surface area contributed by atoms with Gasteiger partial charge < -0.3 is 5.32 Å². The summed E-state index contributed by atoms with van der Waals surface area (Å²) in [7, 11) is 0. The van der Waals surface area contributed by atoms with Crippen molar-refractivity contribution in [3.05, 3.63) is 123 Å². The molecule has 4 nitrogen and oxygen atoms in total. The van der Waals surface area contributed by atoms with Gasteiger partial charge in [-0.2, -0.15) is 13.2 Å². The quantitative estimate of drug-likeness (QED) is 0.240. The molecule has 1 amide bonds. The maximum Gasteiger partial charge on any atom is 0.416 e. The number of amides is 1. The Morgan fingerprint density at radius 3 is 2.30 bits per heavy atom. The van der Waals surface area contributed by atoms with Gasteiger partial charge in [-0.15, -0.1) is 11.3 Å². The third-order valence-corrected chi connectivity index (χ3v) is 6.50. The van der Waals surface area contributed by atoms with E-state index < -0.39 is 11.7 Å². The zero-order chi connectivity index (χ0) is 26.3. The lowest BCUT2D eigenvalue weighted by Gasteiger charge is -2.22. The number of hydrogen-bond acceptors (Lipinski definition) is 4. The van der Waals surface area contributed by atoms with Gasteiger partial charge in [-0.3, -0.25) is 9.69 Å². The van der Waals surface area contributed by atoms with E-state index in [0.717, 1.165) is 23.3 Å². The molecule has 3 aromatic carbocycles. The summed E-state index contributed by atoms with van der Waals surface area (Å²) in [5.41, 5.74) is 2.01. The van der Waals surface area contributed by atoms with Crippen LogP contribution < -0.4 is 5.32 Å². The van der Waals surface area contributed by atoms with Crippen LogP contribution in [0, 0.1) is 5.82 Å². The number of nitrogens with zero attached hydrogens (tertiary/aromatic N) is 2. The van der Waals surface area contributed by atoms with Gasteiger partial charge in [-0.05, 0) is 41.3 Å². The molecule has 0 atom stereocenters. The van der Waals surface area contributed by atoms with E-state index in [9.17, 15) is 22.4 Å². The maximum absolute atomic E-state index is 13.4. The summed E-state index contributed by atoms with van der Waals surface area (Å²) in [6, 6.07) is 21.0. The molecular weight excluding hydrogens is 502 g/mol. The van der Waals surface area contributed by atoms with Crippen LogP contribution in [-0.2, 0) is 32.2 Å². The number of halogens is 4. The number of aromatic nitrogens is 1. The molecule has 0 aliphatic carbocycles. The summed E-state index contributed by atoms with van der Waals surface area (Å²) in [6.45, 7) is 1.38. The van der Waals surface area contributed by atoms with E-state index in [1.165, 1.54) is 29.5 Å². The molecule has 0 radical (unpaired) electrons. The Bertz CT molecular complexity index is 1310. The van der Waals surface area contributed by atoms with E-state index in [-0.39, 0.29) is 18.3 Å². The predicted molar refractivity (Wildman–Crippen MR) is 135 cm³/mol. The summed E-state index contributed by atoms with van der Waals surface area (Å²) in [5, 5.41) is 5.20. The van der Waals surface area contributed by atoms with E-state index in [1.807, 2.05) is 35.2 Å². The van der Waals surface area contributed by atoms with Gasteiger partial charge in [0.25, 0.3) is 5.91 Å². The fraction of sp³-hybridized carbons (Fsp3) is 0.214. The Morgan fingerprint density at radius 2 is 1.57 bits per heavy atom. The van der Waals surface area contributed by atoms with Crippen LogP contribution in [0.25, 0.3) is 0 Å². The molecule has 4 aromatic rings. The Kier molecular flexibility index (Phi) is 8.68. The number of carbonyl (C=O) groups is 1. The fourth-order valence-electron chi connectivity index (χ4n) is 3.85. The average Bonchev–Trinajstić information content (AvgIpc) is 3.34. The first-order valence-corrected chi connectivity index (χ1v) is 12.5. The Hall–Kier alpha value is -3.56. The van der Waals surface area contributed by atoms with Gasteiger partial charge in [-0.25, -0.2) is 9.37 Å². The van der Waals surface area contributed by atoms with Crippen molar-refractivity contribution in [3.63, 3.8) is 0 Å². The molecule has 0 saturated heterocycles. The lowest BCUT2D eigenvalue weighted by atomic mass is 10.1. The fourth-order valence-corrected chi connectivity index (χ4v) is 4.67. The highest BCUT2D eigenvalue weighted by molar-refractivity contribution is 7.09. The van der Waals surface area contributed by atoms with Crippen molar-refractivity contribution >= 4 is 17.2 Å². The van der Waals surface area contributed by atoms with Crippen LogP contribution in [0.15, 0.2) is 84.2 Å². The number of nitrogens with one attached hydrogen (secondary N) is 1. The van der Waals surface area contributed by atoms with Gasteiger partial charge >= 0.3 is 6.18 Å². The minimum absolute atomic E-state index is 0.222. The van der Waals surface area contributed by atoms with Crippen LogP contribution >= 0.6 is 11.3 Å². The van der Waals surface area contributed by atoms with Gasteiger partial charge in [0.1, 0.15) is 16.5 Å². The van der Waals surface area contributed by atoms with Crippen molar-refractivity contribution in [2.75, 3.05) is 6.54 Å². The van der Waals surface area contributed by atoms with Crippen LogP contribution in [-0.4, -0.2) is 22.3 Å². The van der Waals surface area contributed by atoms with E-state index >= 15 is 0 Å². The Labute approximate surface area is 216 Å². The summed E-state index contributed by atoms with van der Waals surface area (Å²) in [4.78, 5) is 18.9. The highest BCUT2D eigenvalue weighted by Gasteiger charge is 2.30. The first kappa shape index (κ1) is 26.5. The topological polar surface area (TPSA) is 45.2 Å². The molecule has 37 heavy (non-hydrogen) atoms. The summed E-state index contributed by atoms with van der Waals surface area (Å²) < 4.78 is 53.0. The predicted octanol–water partition coefficient (Wildman–Crippen LogP) is 6.48. The molecule has 0 bridgehead atoms. The smallest absolute Gasteiger partial charge is 0.350 e. The Balaban J connectivity index is 1.44. The number of alkyl halides is 3. The van der Waals surface area contributed by atoms with Crippen molar-refractivity contribution < 1.29 is 22.4 Å². The highest BCUT2D eigenvalue weighted by Crippen LogP contribution is 2.30. The van der Waals surface area contributed by atoms with Crippen molar-refractivity contribution in [1.82, 2.24) is 15.2 Å². The standard InChI is InChI=1S/C28H25F4N3OS/c29-24-11-9-21(10-12-24)16-35(17-22-7-4-8-23(15-22)28(30,31)32)18-26-34-25(19-37-26)27(36)33-14-13-20-5-2-1-3-6-20/h1-12,15,19H,13-14,16-18H2,(H,33,36). The van der Waals surface area contributed by atoms with E-state index in [1.54, 1.807) is 23.6 Å². The van der Waals surface area contributed by atoms with E-state index in [4.69, 9.17) is 0 Å². The van der Waals surface area contributed by atoms with Crippen LogP contribution in [0.1, 0.15) is 37.7 Å². The largest absolute Gasteiger partial charge is 0.416 e. The molecule has 1 aromatic heterocycles. The van der Waals surface area contributed by atoms with Crippen LogP contribution in [0.4, 0.5) is 17.6 Å². The second-order valence-corrected chi connectivity index (χ2v) is 9.53. The molecule has 0 fully saturated rings. The van der Waals surface area contributed by atoms with Gasteiger partial charge in [-0.1, -0.05) is 60.7 Å². The van der Waals surface area contributed by atoms with Gasteiger partial charge in [0.2, 0.25) is 0 Å². The van der Waals surface area contributed by atoms with Crippen molar-refractivity contribution in [1.29, 1.82) is 0 Å². The molecule has 0 aliphatic rings. The molecule has 0 spiro atoms. The second-order valence-electron chi connectivity index (χ2n) is 8.59. The molecule has 4 rings (SSSR count). The first-order valence-electron chi connectivity index (χ1n) is 11.7. The number of rotatable bonds is 10. The number of thiazole rings is 1. The monoisotopic (exact) mass is 527 g/mol. The average molecular weight is 528 g/mol. The molecule has 1 heterocycles. The van der Waals surface area contributed by atoms with E-state index in [0.29, 0.717) is 42.3 Å². The zero-order valence-electron chi connectivity index (χ0n) is 19.8. The molecule has 0 unspecified atom stereocenters. The SMILES string of the molecule is O=C(NCCc1ccccc1)c1csc(CN(Cc2ccc(F)cc2)Cc2cccc(C(F)(F)F)c2)n1. The summed E-state index contributed by atoms with van der Waals surface area (Å²) >= 11 is 1.31. The molecule has 0 saturated carbocycles. The van der Waals surface area contributed by atoms with Crippen molar-refractivity contribution in [2.45, 2.75) is 32.2 Å². The maximum atomic E-state index is 13.4. The number of carbonyl (C=O) groups excluding carboxylic acids is 1. The minimum atomic E-state index is -4.43. The third kappa shape index (κ3) is 7.96. The second kappa shape index (κ2) is 12.1. The molecule has 1 N–H and O–H groups in total. The number of hydrogen-bond donors (Lipinski definition) is 1. The molecule has 192 valence electrons. The van der Waals surface area contributed by atoms with Gasteiger partial charge in [0, 0.05) is 25.0 Å². The summed E-state index contributed by atoms with van der Waals surface area (Å²) in [6.07, 6.45) is -3.73. The van der Waals surface area contributed by atoms with Gasteiger partial charge in [0.05, 0.1) is 12.1 Å². The van der Waals surface area contributed by atoms with Crippen LogP contribution in [0.2, 0.25) is 0 Å². The molecular formula is C28H25F4N3OS. The van der Waals surface area contributed by atoms with Gasteiger partial charge in [0.15, 0.2) is 0 Å².